The van der Waals surface area contributed by atoms with Gasteiger partial charge in [-0.25, -0.2) is 4.79 Å². The molecule has 64 valence electrons. The Labute approximate surface area is 71.4 Å². The molecule has 0 fully saturated rings. The first-order valence-corrected chi connectivity index (χ1v) is 3.91. The highest BCUT2D eigenvalue weighted by Gasteiger charge is 2.04. The number of esters is 1. The van der Waals surface area contributed by atoms with Crippen LogP contribution in [-0.4, -0.2) is 17.6 Å². The summed E-state index contributed by atoms with van der Waals surface area (Å²) in [5, 5.41) is 0. The number of hydrogen-bond acceptors (Lipinski definition) is 3. The summed E-state index contributed by atoms with van der Waals surface area (Å²) in [7, 11) is 0. The second-order valence-corrected chi connectivity index (χ2v) is 2.38. The molecule has 1 rings (SSSR count). The number of pyridine rings is 1. The molecule has 0 aliphatic heterocycles. The number of rotatable bonds is 3. The van der Waals surface area contributed by atoms with Gasteiger partial charge >= 0.3 is 5.97 Å². The largest absolute Gasteiger partial charge is 0.462 e. The topological polar surface area (TPSA) is 39.2 Å². The lowest BCUT2D eigenvalue weighted by molar-refractivity contribution is 0.0504. The van der Waals surface area contributed by atoms with Gasteiger partial charge in [-0.15, -0.1) is 0 Å². The SMILES string of the molecule is CCCOC(=O)c1cccnc1. The van der Waals surface area contributed by atoms with Crippen LogP contribution in [-0.2, 0) is 4.74 Å². The van der Waals surface area contributed by atoms with Gasteiger partial charge in [-0.1, -0.05) is 6.92 Å². The molecule has 0 N–H and O–H groups in total. The summed E-state index contributed by atoms with van der Waals surface area (Å²) in [6.45, 7) is 2.42. The van der Waals surface area contributed by atoms with Gasteiger partial charge < -0.3 is 4.74 Å². The van der Waals surface area contributed by atoms with Gasteiger partial charge in [-0.2, -0.15) is 0 Å². The van der Waals surface area contributed by atoms with Crippen LogP contribution in [0.25, 0.3) is 0 Å². The number of carbonyl (C=O) groups is 1. The lowest BCUT2D eigenvalue weighted by atomic mass is 10.3. The van der Waals surface area contributed by atoms with Crippen molar-refractivity contribution in [2.45, 2.75) is 13.3 Å². The van der Waals surface area contributed by atoms with E-state index >= 15 is 0 Å². The zero-order valence-electron chi connectivity index (χ0n) is 6.99. The summed E-state index contributed by atoms with van der Waals surface area (Å²) in [4.78, 5) is 15.0. The smallest absolute Gasteiger partial charge is 0.339 e. The molecule has 0 aliphatic carbocycles. The van der Waals surface area contributed by atoms with Crippen LogP contribution in [0, 0.1) is 0 Å². The predicted molar refractivity (Wildman–Crippen MR) is 44.8 cm³/mol. The van der Waals surface area contributed by atoms with Gasteiger partial charge in [0.05, 0.1) is 12.2 Å². The van der Waals surface area contributed by atoms with Crippen molar-refractivity contribution in [3.63, 3.8) is 0 Å². The third-order valence-corrected chi connectivity index (χ3v) is 1.33. The highest BCUT2D eigenvalue weighted by molar-refractivity contribution is 5.88. The molecule has 0 unspecified atom stereocenters. The summed E-state index contributed by atoms with van der Waals surface area (Å²) in [6, 6.07) is 3.40. The lowest BCUT2D eigenvalue weighted by Crippen LogP contribution is -2.05. The highest BCUT2D eigenvalue weighted by atomic mass is 16.5. The van der Waals surface area contributed by atoms with Gasteiger partial charge in [0.25, 0.3) is 0 Å². The molecule has 12 heavy (non-hydrogen) atoms. The van der Waals surface area contributed by atoms with E-state index in [1.165, 1.54) is 6.20 Å². The maximum absolute atomic E-state index is 11.1. The maximum Gasteiger partial charge on any atom is 0.339 e. The van der Waals surface area contributed by atoms with Crippen molar-refractivity contribution >= 4 is 5.97 Å². The quantitative estimate of drug-likeness (QED) is 0.639. The monoisotopic (exact) mass is 165 g/mol. The van der Waals surface area contributed by atoms with Crippen molar-refractivity contribution in [3.05, 3.63) is 30.1 Å². The second-order valence-electron chi connectivity index (χ2n) is 2.38. The average Bonchev–Trinajstić information content (AvgIpc) is 2.15. The van der Waals surface area contributed by atoms with E-state index in [1.54, 1.807) is 18.3 Å². The van der Waals surface area contributed by atoms with Gasteiger partial charge in [0.1, 0.15) is 0 Å². The Morgan fingerprint density at radius 3 is 3.08 bits per heavy atom. The van der Waals surface area contributed by atoms with Crippen molar-refractivity contribution in [2.24, 2.45) is 0 Å². The first-order chi connectivity index (χ1) is 5.84. The first kappa shape index (κ1) is 8.71. The van der Waals surface area contributed by atoms with Gasteiger partial charge in [-0.3, -0.25) is 4.98 Å². The molecule has 3 heteroatoms. The molecule has 0 bridgehead atoms. The predicted octanol–water partition coefficient (Wildman–Crippen LogP) is 1.65. The molecule has 0 atom stereocenters. The fourth-order valence-corrected chi connectivity index (χ4v) is 0.762. The van der Waals surface area contributed by atoms with Crippen LogP contribution in [0.1, 0.15) is 23.7 Å². The van der Waals surface area contributed by atoms with Gasteiger partial charge in [0.15, 0.2) is 0 Å². The van der Waals surface area contributed by atoms with Crippen molar-refractivity contribution in [2.75, 3.05) is 6.61 Å². The summed E-state index contributed by atoms with van der Waals surface area (Å²) in [5.74, 6) is -0.301. The van der Waals surface area contributed by atoms with E-state index in [1.807, 2.05) is 6.92 Å². The summed E-state index contributed by atoms with van der Waals surface area (Å²) >= 11 is 0. The molecule has 0 amide bonds. The van der Waals surface area contributed by atoms with E-state index in [4.69, 9.17) is 4.74 Å². The molecule has 0 aliphatic rings. The van der Waals surface area contributed by atoms with Crippen molar-refractivity contribution in [3.8, 4) is 0 Å². The fourth-order valence-electron chi connectivity index (χ4n) is 0.762. The second kappa shape index (κ2) is 4.49. The number of carbonyl (C=O) groups excluding carboxylic acids is 1. The van der Waals surface area contributed by atoms with E-state index in [2.05, 4.69) is 4.98 Å². The fraction of sp³-hybridized carbons (Fsp3) is 0.333. The molecule has 0 radical (unpaired) electrons. The minimum atomic E-state index is -0.301. The Hall–Kier alpha value is -1.38. The Bertz CT molecular complexity index is 246. The molecule has 0 saturated carbocycles. The van der Waals surface area contributed by atoms with E-state index < -0.39 is 0 Å². The maximum atomic E-state index is 11.1. The molecule has 1 aromatic rings. The Kier molecular flexibility index (Phi) is 3.26. The van der Waals surface area contributed by atoms with Crippen LogP contribution in [0.15, 0.2) is 24.5 Å². The molecule has 0 spiro atoms. The van der Waals surface area contributed by atoms with Gasteiger partial charge in [-0.05, 0) is 18.6 Å². The van der Waals surface area contributed by atoms with Crippen LogP contribution in [0.4, 0.5) is 0 Å². The van der Waals surface area contributed by atoms with Gasteiger partial charge in [0.2, 0.25) is 0 Å². The molecule has 1 heterocycles. The number of ether oxygens (including phenoxy) is 1. The summed E-state index contributed by atoms with van der Waals surface area (Å²) < 4.78 is 4.90. The summed E-state index contributed by atoms with van der Waals surface area (Å²) in [5.41, 5.74) is 0.506. The van der Waals surface area contributed by atoms with E-state index in [9.17, 15) is 4.79 Å². The molecule has 0 saturated heterocycles. The first-order valence-electron chi connectivity index (χ1n) is 3.91. The van der Waals surface area contributed by atoms with Crippen LogP contribution >= 0.6 is 0 Å². The van der Waals surface area contributed by atoms with Crippen LogP contribution in [0.2, 0.25) is 0 Å². The average molecular weight is 165 g/mol. The van der Waals surface area contributed by atoms with E-state index in [0.717, 1.165) is 6.42 Å². The number of aromatic nitrogens is 1. The number of nitrogens with zero attached hydrogens (tertiary/aromatic N) is 1. The molecule has 0 aromatic carbocycles. The van der Waals surface area contributed by atoms with Crippen molar-refractivity contribution in [1.29, 1.82) is 0 Å². The lowest BCUT2D eigenvalue weighted by Gasteiger charge is -2.00. The minimum Gasteiger partial charge on any atom is -0.462 e. The number of hydrogen-bond donors (Lipinski definition) is 0. The zero-order chi connectivity index (χ0) is 8.81. The molecule has 1 aromatic heterocycles. The standard InChI is InChI=1S/C9H11NO2/c1-2-6-12-9(11)8-4-3-5-10-7-8/h3-5,7H,2,6H2,1H3. The highest BCUT2D eigenvalue weighted by Crippen LogP contribution is 1.98. The van der Waals surface area contributed by atoms with Gasteiger partial charge in [0, 0.05) is 12.4 Å². The third kappa shape index (κ3) is 2.34. The van der Waals surface area contributed by atoms with Crippen LogP contribution in [0.5, 0.6) is 0 Å². The van der Waals surface area contributed by atoms with E-state index in [-0.39, 0.29) is 5.97 Å². The molecule has 3 nitrogen and oxygen atoms in total. The molecular formula is C9H11NO2. The zero-order valence-corrected chi connectivity index (χ0v) is 6.99. The van der Waals surface area contributed by atoms with Crippen LogP contribution < -0.4 is 0 Å². The minimum absolute atomic E-state index is 0.301. The normalized spacial score (nSPS) is 9.42. The van der Waals surface area contributed by atoms with Crippen molar-refractivity contribution < 1.29 is 9.53 Å². The summed E-state index contributed by atoms with van der Waals surface area (Å²) in [6.07, 6.45) is 3.96. The van der Waals surface area contributed by atoms with Crippen molar-refractivity contribution in [1.82, 2.24) is 4.98 Å². The Morgan fingerprint density at radius 2 is 2.50 bits per heavy atom. The Morgan fingerprint density at radius 1 is 1.67 bits per heavy atom. The molecular weight excluding hydrogens is 154 g/mol. The Balaban J connectivity index is 2.54. The van der Waals surface area contributed by atoms with E-state index in [0.29, 0.717) is 12.2 Å². The third-order valence-electron chi connectivity index (χ3n) is 1.33. The van der Waals surface area contributed by atoms with Crippen LogP contribution in [0.3, 0.4) is 0 Å².